The molecule has 1 aromatic carbocycles. The Morgan fingerprint density at radius 2 is 1.63 bits per heavy atom. The molecular weight excluding hydrogens is 378 g/mol. The summed E-state index contributed by atoms with van der Waals surface area (Å²) >= 11 is 0. The maximum absolute atomic E-state index is 13.2. The molecule has 1 aromatic rings. The maximum atomic E-state index is 13.2. The first kappa shape index (κ1) is 19.6. The van der Waals surface area contributed by atoms with Crippen molar-refractivity contribution < 1.29 is 14.4 Å². The van der Waals surface area contributed by atoms with Crippen LogP contribution < -0.4 is 15.5 Å². The molecule has 3 amide bonds. The normalized spacial score (nSPS) is 32.9. The number of hydrogen-bond donors (Lipinski definition) is 2. The van der Waals surface area contributed by atoms with Gasteiger partial charge < -0.3 is 15.5 Å². The van der Waals surface area contributed by atoms with Crippen molar-refractivity contribution in [3.05, 3.63) is 24.3 Å². The van der Waals surface area contributed by atoms with Crippen molar-refractivity contribution in [2.75, 3.05) is 16.8 Å². The summed E-state index contributed by atoms with van der Waals surface area (Å²) in [6, 6.07) is 6.76. The number of hydrogen-bond acceptors (Lipinski definition) is 3. The highest BCUT2D eigenvalue weighted by molar-refractivity contribution is 5.98. The van der Waals surface area contributed by atoms with Gasteiger partial charge >= 0.3 is 0 Å². The van der Waals surface area contributed by atoms with Gasteiger partial charge in [-0.05, 0) is 93.9 Å². The van der Waals surface area contributed by atoms with Gasteiger partial charge in [-0.15, -0.1) is 0 Å². The van der Waals surface area contributed by atoms with E-state index in [-0.39, 0.29) is 23.1 Å². The standard InChI is InChI=1S/C24H31N3O3/c1-15(25-23(30)24-12-16-9-17(13-24)11-18(10-16)14-24)22(29)26-19-4-6-20(7-5-19)27-8-2-3-21(27)28/h4-7,15-18H,2-3,8-14H2,1H3,(H,25,30)(H,26,29)/t15-,16?,17?,18?,24?/m0/s1. The Balaban J connectivity index is 1.18. The molecule has 1 saturated heterocycles. The topological polar surface area (TPSA) is 78.5 Å². The number of carbonyl (C=O) groups excluding carboxylic acids is 3. The quantitative estimate of drug-likeness (QED) is 0.782. The van der Waals surface area contributed by atoms with Gasteiger partial charge in [0, 0.05) is 29.8 Å². The average Bonchev–Trinajstić information content (AvgIpc) is 3.13. The van der Waals surface area contributed by atoms with Crippen LogP contribution in [0.25, 0.3) is 0 Å². The zero-order valence-electron chi connectivity index (χ0n) is 17.7. The average molecular weight is 410 g/mol. The molecule has 6 heteroatoms. The Kier molecular flexibility index (Phi) is 4.83. The highest BCUT2D eigenvalue weighted by atomic mass is 16.2. The third-order valence-corrected chi connectivity index (χ3v) is 7.78. The summed E-state index contributed by atoms with van der Waals surface area (Å²) in [6.45, 7) is 2.50. The lowest BCUT2D eigenvalue weighted by molar-refractivity contribution is -0.147. The Morgan fingerprint density at radius 1 is 1.03 bits per heavy atom. The monoisotopic (exact) mass is 409 g/mol. The first-order valence-electron chi connectivity index (χ1n) is 11.4. The molecule has 5 fully saturated rings. The molecule has 30 heavy (non-hydrogen) atoms. The summed E-state index contributed by atoms with van der Waals surface area (Å²) in [5.41, 5.74) is 1.29. The summed E-state index contributed by atoms with van der Waals surface area (Å²) in [4.78, 5) is 39.5. The molecule has 0 spiro atoms. The van der Waals surface area contributed by atoms with Gasteiger partial charge in [-0.2, -0.15) is 0 Å². The van der Waals surface area contributed by atoms with Gasteiger partial charge in [-0.1, -0.05) is 0 Å². The van der Waals surface area contributed by atoms with Crippen molar-refractivity contribution in [1.82, 2.24) is 5.32 Å². The van der Waals surface area contributed by atoms with Crippen molar-refractivity contribution in [3.63, 3.8) is 0 Å². The number of benzene rings is 1. The minimum absolute atomic E-state index is 0.0761. The second-order valence-corrected chi connectivity index (χ2v) is 10.1. The summed E-state index contributed by atoms with van der Waals surface area (Å²) in [6.07, 6.45) is 8.35. The van der Waals surface area contributed by atoms with Crippen LogP contribution in [0.15, 0.2) is 24.3 Å². The lowest BCUT2D eigenvalue weighted by Crippen LogP contribution is -2.56. The Labute approximate surface area is 177 Å². The Morgan fingerprint density at radius 3 is 2.17 bits per heavy atom. The van der Waals surface area contributed by atoms with Gasteiger partial charge in [0.05, 0.1) is 0 Å². The van der Waals surface area contributed by atoms with E-state index in [0.717, 1.165) is 37.9 Å². The Hall–Kier alpha value is -2.37. The predicted molar refractivity (Wildman–Crippen MR) is 115 cm³/mol. The number of nitrogens with zero attached hydrogens (tertiary/aromatic N) is 1. The van der Waals surface area contributed by atoms with Crippen LogP contribution in [0.1, 0.15) is 58.3 Å². The van der Waals surface area contributed by atoms with E-state index in [1.54, 1.807) is 11.8 Å². The van der Waals surface area contributed by atoms with Crippen LogP contribution in [0.3, 0.4) is 0 Å². The summed E-state index contributed by atoms with van der Waals surface area (Å²) < 4.78 is 0. The number of anilines is 2. The zero-order valence-corrected chi connectivity index (χ0v) is 17.7. The van der Waals surface area contributed by atoms with Crippen LogP contribution >= 0.6 is 0 Å². The molecule has 2 N–H and O–H groups in total. The van der Waals surface area contributed by atoms with Gasteiger partial charge in [0.1, 0.15) is 6.04 Å². The van der Waals surface area contributed by atoms with E-state index in [0.29, 0.717) is 29.9 Å². The summed E-state index contributed by atoms with van der Waals surface area (Å²) in [7, 11) is 0. The highest BCUT2D eigenvalue weighted by Gasteiger charge is 2.54. The number of amides is 3. The lowest BCUT2D eigenvalue weighted by Gasteiger charge is -2.55. The first-order valence-corrected chi connectivity index (χ1v) is 11.4. The molecule has 4 bridgehead atoms. The SMILES string of the molecule is C[C@H](NC(=O)C12CC3CC(CC(C3)C1)C2)C(=O)Nc1ccc(N2CCCC2=O)cc1. The fraction of sp³-hybridized carbons (Fsp3) is 0.625. The van der Waals surface area contributed by atoms with Gasteiger partial charge in [0.25, 0.3) is 0 Å². The van der Waals surface area contributed by atoms with Crippen LogP contribution in [0.5, 0.6) is 0 Å². The molecular formula is C24H31N3O3. The molecule has 6 nitrogen and oxygen atoms in total. The van der Waals surface area contributed by atoms with Crippen molar-refractivity contribution in [2.45, 2.75) is 64.3 Å². The van der Waals surface area contributed by atoms with Crippen LogP contribution in [0.4, 0.5) is 11.4 Å². The van der Waals surface area contributed by atoms with E-state index in [1.807, 2.05) is 24.3 Å². The van der Waals surface area contributed by atoms with Crippen molar-refractivity contribution >= 4 is 29.1 Å². The fourth-order valence-electron chi connectivity index (χ4n) is 6.70. The molecule has 1 atom stereocenters. The fourth-order valence-corrected chi connectivity index (χ4v) is 6.70. The van der Waals surface area contributed by atoms with E-state index < -0.39 is 6.04 Å². The number of rotatable bonds is 5. The van der Waals surface area contributed by atoms with E-state index in [4.69, 9.17) is 0 Å². The minimum Gasteiger partial charge on any atom is -0.344 e. The minimum atomic E-state index is -0.578. The third kappa shape index (κ3) is 3.50. The maximum Gasteiger partial charge on any atom is 0.246 e. The number of nitrogens with one attached hydrogen (secondary N) is 2. The van der Waals surface area contributed by atoms with Gasteiger partial charge in [-0.25, -0.2) is 0 Å². The molecule has 0 unspecified atom stereocenters. The van der Waals surface area contributed by atoms with Gasteiger partial charge in [0.15, 0.2) is 0 Å². The Bertz CT molecular complexity index is 828. The van der Waals surface area contributed by atoms with Gasteiger partial charge in [0.2, 0.25) is 17.7 Å². The van der Waals surface area contributed by atoms with E-state index in [1.165, 1.54) is 19.3 Å². The van der Waals surface area contributed by atoms with E-state index in [2.05, 4.69) is 10.6 Å². The van der Waals surface area contributed by atoms with Crippen molar-refractivity contribution in [1.29, 1.82) is 0 Å². The van der Waals surface area contributed by atoms with Crippen LogP contribution in [0.2, 0.25) is 0 Å². The largest absolute Gasteiger partial charge is 0.344 e. The van der Waals surface area contributed by atoms with E-state index >= 15 is 0 Å². The zero-order chi connectivity index (χ0) is 20.9. The molecule has 5 aliphatic rings. The van der Waals surface area contributed by atoms with Crippen LogP contribution in [-0.2, 0) is 14.4 Å². The molecule has 0 aromatic heterocycles. The molecule has 6 rings (SSSR count). The molecule has 4 aliphatic carbocycles. The smallest absolute Gasteiger partial charge is 0.246 e. The molecule has 4 saturated carbocycles. The van der Waals surface area contributed by atoms with E-state index in [9.17, 15) is 14.4 Å². The second-order valence-electron chi connectivity index (χ2n) is 10.1. The molecule has 0 radical (unpaired) electrons. The predicted octanol–water partition coefficient (Wildman–Crippen LogP) is 3.47. The first-order chi connectivity index (χ1) is 14.4. The third-order valence-electron chi connectivity index (χ3n) is 7.78. The van der Waals surface area contributed by atoms with Crippen molar-refractivity contribution in [3.8, 4) is 0 Å². The number of carbonyl (C=O) groups is 3. The van der Waals surface area contributed by atoms with Crippen molar-refractivity contribution in [2.24, 2.45) is 23.2 Å². The molecule has 1 heterocycles. The summed E-state index contributed by atoms with van der Waals surface area (Å²) in [5.74, 6) is 2.12. The van der Waals surface area contributed by atoms with Gasteiger partial charge in [-0.3, -0.25) is 14.4 Å². The molecule has 1 aliphatic heterocycles. The summed E-state index contributed by atoms with van der Waals surface area (Å²) in [5, 5.41) is 5.91. The lowest BCUT2D eigenvalue weighted by atomic mass is 9.49. The second kappa shape index (κ2) is 7.40. The van der Waals surface area contributed by atoms with Crippen LogP contribution in [-0.4, -0.2) is 30.3 Å². The molecule has 160 valence electrons. The highest BCUT2D eigenvalue weighted by Crippen LogP contribution is 2.60. The van der Waals surface area contributed by atoms with Crippen LogP contribution in [0, 0.1) is 23.2 Å².